The summed E-state index contributed by atoms with van der Waals surface area (Å²) in [5.74, 6) is 1.47. The molecule has 2 aromatic rings. The van der Waals surface area contributed by atoms with E-state index in [9.17, 15) is 5.11 Å². The maximum atomic E-state index is 11.7. The molecule has 2 heterocycles. The van der Waals surface area contributed by atoms with Gasteiger partial charge in [-0.25, -0.2) is 0 Å². The van der Waals surface area contributed by atoms with Crippen molar-refractivity contribution in [2.75, 3.05) is 13.1 Å². The van der Waals surface area contributed by atoms with E-state index in [0.717, 1.165) is 43.8 Å². The zero-order valence-corrected chi connectivity index (χ0v) is 16.3. The molecule has 1 aromatic carbocycles. The lowest BCUT2D eigenvalue weighted by atomic mass is 9.63. The number of nitrogens with zero attached hydrogens (tertiary/aromatic N) is 2. The average Bonchev–Trinajstić information content (AvgIpc) is 2.63. The first-order valence-electron chi connectivity index (χ1n) is 10.2. The quantitative estimate of drug-likeness (QED) is 0.869. The van der Waals surface area contributed by atoms with E-state index in [1.165, 1.54) is 12.0 Å². The van der Waals surface area contributed by atoms with Crippen molar-refractivity contribution >= 4 is 0 Å². The molecule has 1 N–H and O–H groups in total. The monoisotopic (exact) mass is 366 g/mol. The molecule has 4 rings (SSSR count). The van der Waals surface area contributed by atoms with Crippen molar-refractivity contribution in [3.8, 4) is 5.75 Å². The zero-order valence-electron chi connectivity index (χ0n) is 16.3. The SMILES string of the molecule is CC(C)Oc1cccc(CN2C[C@@H]3CCC[C@@H](C2)C3(O)c2cccnc2)c1. The number of pyridine rings is 1. The molecule has 1 aromatic heterocycles. The number of rotatable bonds is 5. The Labute approximate surface area is 162 Å². The summed E-state index contributed by atoms with van der Waals surface area (Å²) in [6, 6.07) is 12.4. The smallest absolute Gasteiger partial charge is 0.120 e. The van der Waals surface area contributed by atoms with Crippen LogP contribution < -0.4 is 4.74 Å². The number of fused-ring (bicyclic) bond motifs is 2. The van der Waals surface area contributed by atoms with Crippen LogP contribution in [-0.4, -0.2) is 34.2 Å². The fraction of sp³-hybridized carbons (Fsp3) is 0.522. The molecule has 1 saturated carbocycles. The zero-order chi connectivity index (χ0) is 18.9. The van der Waals surface area contributed by atoms with Gasteiger partial charge in [-0.1, -0.05) is 24.6 Å². The first-order valence-corrected chi connectivity index (χ1v) is 10.2. The van der Waals surface area contributed by atoms with E-state index >= 15 is 0 Å². The van der Waals surface area contributed by atoms with Crippen LogP contribution in [-0.2, 0) is 12.1 Å². The summed E-state index contributed by atoms with van der Waals surface area (Å²) >= 11 is 0. The molecule has 4 nitrogen and oxygen atoms in total. The van der Waals surface area contributed by atoms with E-state index in [1.54, 1.807) is 6.20 Å². The summed E-state index contributed by atoms with van der Waals surface area (Å²) in [4.78, 5) is 6.77. The highest BCUT2D eigenvalue weighted by atomic mass is 16.5. The van der Waals surface area contributed by atoms with E-state index < -0.39 is 5.60 Å². The standard InChI is InChI=1S/C23H30N2O2/c1-17(2)27-22-10-3-6-18(12-22)14-25-15-20-7-4-8-21(16-25)23(20,26)19-9-5-11-24-13-19/h3,5-6,9-13,17,20-21,26H,4,7-8,14-16H2,1-2H3/t20-,21-/m0/s1. The van der Waals surface area contributed by atoms with Gasteiger partial charge < -0.3 is 9.84 Å². The molecule has 1 saturated heterocycles. The third kappa shape index (κ3) is 3.74. The molecular formula is C23H30N2O2. The van der Waals surface area contributed by atoms with Crippen LogP contribution in [0.4, 0.5) is 0 Å². The maximum absolute atomic E-state index is 11.7. The largest absolute Gasteiger partial charge is 0.491 e. The molecule has 2 bridgehead atoms. The number of hydrogen-bond acceptors (Lipinski definition) is 4. The van der Waals surface area contributed by atoms with Gasteiger partial charge in [-0.15, -0.1) is 0 Å². The minimum atomic E-state index is -0.731. The van der Waals surface area contributed by atoms with E-state index in [2.05, 4.69) is 41.9 Å². The van der Waals surface area contributed by atoms with Gasteiger partial charge in [0.15, 0.2) is 0 Å². The van der Waals surface area contributed by atoms with Crippen LogP contribution in [0.15, 0.2) is 48.8 Å². The average molecular weight is 367 g/mol. The van der Waals surface area contributed by atoms with Crippen LogP contribution in [0, 0.1) is 11.8 Å². The number of piperidine rings is 1. The fourth-order valence-corrected chi connectivity index (χ4v) is 4.99. The molecule has 0 amide bonds. The third-order valence-electron chi connectivity index (χ3n) is 6.11. The van der Waals surface area contributed by atoms with Gasteiger partial charge in [0.05, 0.1) is 11.7 Å². The van der Waals surface area contributed by atoms with Crippen LogP contribution in [0.25, 0.3) is 0 Å². The van der Waals surface area contributed by atoms with Crippen molar-refractivity contribution in [2.24, 2.45) is 11.8 Å². The minimum absolute atomic E-state index is 0.184. The highest BCUT2D eigenvalue weighted by molar-refractivity contribution is 5.29. The van der Waals surface area contributed by atoms with Crippen molar-refractivity contribution in [3.05, 3.63) is 59.9 Å². The van der Waals surface area contributed by atoms with Gasteiger partial charge >= 0.3 is 0 Å². The Morgan fingerprint density at radius 1 is 1.19 bits per heavy atom. The second kappa shape index (κ2) is 7.61. The summed E-state index contributed by atoms with van der Waals surface area (Å²) < 4.78 is 5.84. The number of benzene rings is 1. The van der Waals surface area contributed by atoms with Crippen LogP contribution >= 0.6 is 0 Å². The molecule has 0 unspecified atom stereocenters. The van der Waals surface area contributed by atoms with E-state index in [0.29, 0.717) is 0 Å². The fourth-order valence-electron chi connectivity index (χ4n) is 4.99. The molecular weight excluding hydrogens is 336 g/mol. The van der Waals surface area contributed by atoms with Crippen molar-refractivity contribution in [2.45, 2.75) is 51.4 Å². The van der Waals surface area contributed by atoms with Gasteiger partial charge in [0, 0.05) is 49.4 Å². The van der Waals surface area contributed by atoms with Crippen LogP contribution in [0.3, 0.4) is 0 Å². The molecule has 144 valence electrons. The Morgan fingerprint density at radius 3 is 2.63 bits per heavy atom. The van der Waals surface area contributed by atoms with Crippen LogP contribution in [0.5, 0.6) is 5.75 Å². The van der Waals surface area contributed by atoms with Gasteiger partial charge in [0.1, 0.15) is 5.75 Å². The molecule has 0 spiro atoms. The molecule has 27 heavy (non-hydrogen) atoms. The molecule has 1 aliphatic heterocycles. The van der Waals surface area contributed by atoms with Gasteiger partial charge in [0.2, 0.25) is 0 Å². The third-order valence-corrected chi connectivity index (χ3v) is 6.11. The van der Waals surface area contributed by atoms with Crippen molar-refractivity contribution < 1.29 is 9.84 Å². The highest BCUT2D eigenvalue weighted by Crippen LogP contribution is 2.49. The molecule has 2 fully saturated rings. The first kappa shape index (κ1) is 18.5. The molecule has 2 aliphatic rings. The lowest BCUT2D eigenvalue weighted by Crippen LogP contribution is -2.57. The molecule has 2 atom stereocenters. The van der Waals surface area contributed by atoms with E-state index in [1.807, 2.05) is 24.4 Å². The van der Waals surface area contributed by atoms with Crippen molar-refractivity contribution in [3.63, 3.8) is 0 Å². The number of aliphatic hydroxyl groups is 1. The number of hydrogen-bond donors (Lipinski definition) is 1. The second-order valence-corrected chi connectivity index (χ2v) is 8.40. The van der Waals surface area contributed by atoms with Gasteiger partial charge in [-0.2, -0.15) is 0 Å². The lowest BCUT2D eigenvalue weighted by Gasteiger charge is -2.53. The topological polar surface area (TPSA) is 45.6 Å². The number of aromatic nitrogens is 1. The molecule has 4 heteroatoms. The Bertz CT molecular complexity index is 748. The van der Waals surface area contributed by atoms with Crippen molar-refractivity contribution in [1.82, 2.24) is 9.88 Å². The Balaban J connectivity index is 1.51. The normalized spacial score (nSPS) is 28.3. The summed E-state index contributed by atoms with van der Waals surface area (Å²) in [6.07, 6.45) is 7.19. The predicted octanol–water partition coefficient (Wildman–Crippen LogP) is 3.99. The van der Waals surface area contributed by atoms with Crippen LogP contribution in [0.1, 0.15) is 44.2 Å². The maximum Gasteiger partial charge on any atom is 0.120 e. The Morgan fingerprint density at radius 2 is 1.96 bits per heavy atom. The van der Waals surface area contributed by atoms with E-state index in [4.69, 9.17) is 4.74 Å². The molecule has 0 radical (unpaired) electrons. The van der Waals surface area contributed by atoms with Gasteiger partial charge in [0.25, 0.3) is 0 Å². The summed E-state index contributed by atoms with van der Waals surface area (Å²) in [5.41, 5.74) is 1.54. The van der Waals surface area contributed by atoms with Crippen molar-refractivity contribution in [1.29, 1.82) is 0 Å². The minimum Gasteiger partial charge on any atom is -0.491 e. The first-order chi connectivity index (χ1) is 13.1. The van der Waals surface area contributed by atoms with Gasteiger partial charge in [-0.3, -0.25) is 9.88 Å². The summed E-state index contributed by atoms with van der Waals surface area (Å²) in [6.45, 7) is 6.87. The number of likely N-dealkylation sites (tertiary alicyclic amines) is 1. The number of ether oxygens (including phenoxy) is 1. The highest BCUT2D eigenvalue weighted by Gasteiger charge is 2.51. The predicted molar refractivity (Wildman–Crippen MR) is 106 cm³/mol. The Kier molecular flexibility index (Phi) is 5.20. The van der Waals surface area contributed by atoms with Crippen LogP contribution in [0.2, 0.25) is 0 Å². The summed E-state index contributed by atoms with van der Waals surface area (Å²) in [7, 11) is 0. The van der Waals surface area contributed by atoms with E-state index in [-0.39, 0.29) is 17.9 Å². The lowest BCUT2D eigenvalue weighted by molar-refractivity contribution is -0.148. The summed E-state index contributed by atoms with van der Waals surface area (Å²) in [5, 5.41) is 11.7. The second-order valence-electron chi connectivity index (χ2n) is 8.40. The Hall–Kier alpha value is -1.91. The van der Waals surface area contributed by atoms with Gasteiger partial charge in [-0.05, 0) is 50.5 Å². The molecule has 1 aliphatic carbocycles.